The quantitative estimate of drug-likeness (QED) is 0.802. The van der Waals surface area contributed by atoms with Gasteiger partial charge in [0.05, 0.1) is 5.41 Å². The lowest BCUT2D eigenvalue weighted by Crippen LogP contribution is -2.49. The first-order chi connectivity index (χ1) is 9.57. The monoisotopic (exact) mass is 282 g/mol. The lowest BCUT2D eigenvalue weighted by molar-refractivity contribution is -0.143. The lowest BCUT2D eigenvalue weighted by Gasteiger charge is -2.38. The molecule has 0 bridgehead atoms. The molecule has 20 heavy (non-hydrogen) atoms. The molecule has 3 N–H and O–H groups in total. The van der Waals surface area contributed by atoms with Crippen molar-refractivity contribution < 1.29 is 14.7 Å². The van der Waals surface area contributed by atoms with Crippen LogP contribution in [0.1, 0.15) is 51.4 Å². The van der Waals surface area contributed by atoms with Gasteiger partial charge in [-0.05, 0) is 38.0 Å². The van der Waals surface area contributed by atoms with Crippen LogP contribution in [0.5, 0.6) is 0 Å². The summed E-state index contributed by atoms with van der Waals surface area (Å²) in [5.74, 6) is -0.0294. The van der Waals surface area contributed by atoms with E-state index in [4.69, 9.17) is 10.8 Å². The van der Waals surface area contributed by atoms with Gasteiger partial charge in [-0.1, -0.05) is 12.8 Å². The number of carboxylic acids is 1. The third-order valence-corrected chi connectivity index (χ3v) is 5.07. The van der Waals surface area contributed by atoms with Gasteiger partial charge in [0.25, 0.3) is 0 Å². The van der Waals surface area contributed by atoms with Gasteiger partial charge in [-0.2, -0.15) is 0 Å². The largest absolute Gasteiger partial charge is 0.481 e. The molecule has 0 aromatic rings. The average molecular weight is 282 g/mol. The van der Waals surface area contributed by atoms with Crippen LogP contribution in [0.15, 0.2) is 0 Å². The van der Waals surface area contributed by atoms with E-state index >= 15 is 0 Å². The van der Waals surface area contributed by atoms with E-state index in [1.807, 2.05) is 4.90 Å². The number of carboxylic acid groups (broad SMARTS) is 1. The number of aliphatic carboxylic acids is 1. The minimum atomic E-state index is -0.725. The van der Waals surface area contributed by atoms with E-state index in [0.29, 0.717) is 12.5 Å². The second-order valence-corrected chi connectivity index (χ2v) is 6.36. The van der Waals surface area contributed by atoms with Crippen LogP contribution in [0.3, 0.4) is 0 Å². The third-order valence-electron chi connectivity index (χ3n) is 5.07. The number of amides is 1. The predicted octanol–water partition coefficient (Wildman–Crippen LogP) is 1.61. The Kier molecular flexibility index (Phi) is 5.02. The van der Waals surface area contributed by atoms with Crippen LogP contribution >= 0.6 is 0 Å². The van der Waals surface area contributed by atoms with Crippen LogP contribution in [0, 0.1) is 11.3 Å². The lowest BCUT2D eigenvalue weighted by atomic mass is 9.83. The van der Waals surface area contributed by atoms with E-state index in [-0.39, 0.29) is 17.7 Å². The molecular weight excluding hydrogens is 256 g/mol. The Bertz CT molecular complexity index is 356. The van der Waals surface area contributed by atoms with Crippen LogP contribution in [0.4, 0.5) is 0 Å². The number of hydrogen-bond donors (Lipinski definition) is 2. The molecular formula is C15H26N2O3. The zero-order chi connectivity index (χ0) is 14.6. The molecule has 2 fully saturated rings. The average Bonchev–Trinajstić information content (AvgIpc) is 2.95. The third kappa shape index (κ3) is 3.32. The molecule has 0 aromatic carbocycles. The molecule has 1 aliphatic heterocycles. The number of rotatable bonds is 5. The van der Waals surface area contributed by atoms with Crippen molar-refractivity contribution in [1.82, 2.24) is 4.90 Å². The second kappa shape index (κ2) is 6.57. The first-order valence-electron chi connectivity index (χ1n) is 7.79. The summed E-state index contributed by atoms with van der Waals surface area (Å²) in [6.07, 6.45) is 6.92. The zero-order valence-corrected chi connectivity index (χ0v) is 12.1. The number of carbonyl (C=O) groups excluding carboxylic acids is 1. The van der Waals surface area contributed by atoms with E-state index in [9.17, 15) is 9.59 Å². The van der Waals surface area contributed by atoms with Crippen molar-refractivity contribution in [3.8, 4) is 0 Å². The van der Waals surface area contributed by atoms with E-state index in [1.54, 1.807) is 0 Å². The maximum atomic E-state index is 12.7. The molecule has 1 amide bonds. The number of nitrogens with two attached hydrogens (primary N) is 1. The van der Waals surface area contributed by atoms with Crippen LogP contribution in [0.2, 0.25) is 0 Å². The van der Waals surface area contributed by atoms with Crippen molar-refractivity contribution in [3.05, 3.63) is 0 Å². The molecule has 5 heteroatoms. The molecule has 1 heterocycles. The highest BCUT2D eigenvalue weighted by atomic mass is 16.4. The van der Waals surface area contributed by atoms with Gasteiger partial charge in [0.2, 0.25) is 5.91 Å². The van der Waals surface area contributed by atoms with Crippen LogP contribution in [-0.2, 0) is 9.59 Å². The molecule has 0 unspecified atom stereocenters. The minimum absolute atomic E-state index is 0.241. The Morgan fingerprint density at radius 2 is 1.80 bits per heavy atom. The maximum absolute atomic E-state index is 12.7. The Labute approximate surface area is 120 Å². The highest BCUT2D eigenvalue weighted by Crippen LogP contribution is 2.39. The highest BCUT2D eigenvalue weighted by molar-refractivity contribution is 5.83. The fraction of sp³-hybridized carbons (Fsp3) is 0.867. The van der Waals surface area contributed by atoms with Crippen molar-refractivity contribution >= 4 is 11.9 Å². The van der Waals surface area contributed by atoms with Crippen molar-refractivity contribution in [3.63, 3.8) is 0 Å². The fourth-order valence-corrected chi connectivity index (χ4v) is 3.64. The van der Waals surface area contributed by atoms with Crippen molar-refractivity contribution in [2.75, 3.05) is 19.6 Å². The van der Waals surface area contributed by atoms with Crippen molar-refractivity contribution in [2.45, 2.75) is 51.4 Å². The maximum Gasteiger partial charge on any atom is 0.303 e. The molecule has 0 radical (unpaired) electrons. The summed E-state index contributed by atoms with van der Waals surface area (Å²) < 4.78 is 0. The Morgan fingerprint density at radius 3 is 2.30 bits per heavy atom. The molecule has 1 saturated heterocycles. The summed E-state index contributed by atoms with van der Waals surface area (Å²) in [6, 6.07) is 0. The van der Waals surface area contributed by atoms with E-state index < -0.39 is 5.97 Å². The Hall–Kier alpha value is -1.10. The second-order valence-electron chi connectivity index (χ2n) is 6.36. The smallest absolute Gasteiger partial charge is 0.303 e. The zero-order valence-electron chi connectivity index (χ0n) is 12.1. The standard InChI is InChI=1S/C15H26N2O3/c16-11-15(7-1-2-8-15)14(20)17-9-5-12(6-10-17)3-4-13(18)19/h12H,1-11,16H2,(H,18,19). The molecule has 2 rings (SSSR count). The Balaban J connectivity index is 1.84. The van der Waals surface area contributed by atoms with Crippen LogP contribution in [-0.4, -0.2) is 41.5 Å². The van der Waals surface area contributed by atoms with Gasteiger partial charge in [0.15, 0.2) is 0 Å². The summed E-state index contributed by atoms with van der Waals surface area (Å²) in [7, 11) is 0. The molecule has 5 nitrogen and oxygen atoms in total. The number of likely N-dealkylation sites (tertiary alicyclic amines) is 1. The number of hydrogen-bond acceptors (Lipinski definition) is 3. The summed E-state index contributed by atoms with van der Waals surface area (Å²) >= 11 is 0. The van der Waals surface area contributed by atoms with Gasteiger partial charge in [0.1, 0.15) is 0 Å². The van der Waals surface area contributed by atoms with Crippen LogP contribution in [0.25, 0.3) is 0 Å². The topological polar surface area (TPSA) is 83.6 Å². The number of nitrogens with zero attached hydrogens (tertiary/aromatic N) is 1. The summed E-state index contributed by atoms with van der Waals surface area (Å²) in [5.41, 5.74) is 5.57. The van der Waals surface area contributed by atoms with E-state index in [1.165, 1.54) is 0 Å². The predicted molar refractivity (Wildman–Crippen MR) is 76.1 cm³/mol. The molecule has 1 saturated carbocycles. The molecule has 1 aliphatic carbocycles. The van der Waals surface area contributed by atoms with Crippen molar-refractivity contribution in [1.29, 1.82) is 0 Å². The summed E-state index contributed by atoms with van der Waals surface area (Å²) in [6.45, 7) is 2.00. The minimum Gasteiger partial charge on any atom is -0.481 e. The van der Waals surface area contributed by atoms with Gasteiger partial charge in [0, 0.05) is 26.1 Å². The first kappa shape index (κ1) is 15.3. The van der Waals surface area contributed by atoms with Gasteiger partial charge in [-0.3, -0.25) is 9.59 Å². The molecule has 114 valence electrons. The normalized spacial score (nSPS) is 22.9. The number of carbonyl (C=O) groups is 2. The highest BCUT2D eigenvalue weighted by Gasteiger charge is 2.42. The van der Waals surface area contributed by atoms with E-state index in [2.05, 4.69) is 0 Å². The SMILES string of the molecule is NCC1(C(=O)N2CCC(CCC(=O)O)CC2)CCCC1. The first-order valence-corrected chi connectivity index (χ1v) is 7.79. The van der Waals surface area contributed by atoms with Gasteiger partial charge in [-0.25, -0.2) is 0 Å². The summed E-state index contributed by atoms with van der Waals surface area (Å²) in [4.78, 5) is 25.2. The van der Waals surface area contributed by atoms with Gasteiger partial charge >= 0.3 is 5.97 Å². The molecule has 0 atom stereocenters. The summed E-state index contributed by atoms with van der Waals surface area (Å²) in [5, 5.41) is 8.72. The number of piperidine rings is 1. The molecule has 0 aromatic heterocycles. The van der Waals surface area contributed by atoms with E-state index in [0.717, 1.165) is 58.0 Å². The molecule has 0 spiro atoms. The fourth-order valence-electron chi connectivity index (χ4n) is 3.64. The van der Waals surface area contributed by atoms with Gasteiger partial charge < -0.3 is 15.7 Å². The van der Waals surface area contributed by atoms with Crippen LogP contribution < -0.4 is 5.73 Å². The molecule has 2 aliphatic rings. The Morgan fingerprint density at radius 1 is 1.20 bits per heavy atom. The van der Waals surface area contributed by atoms with Gasteiger partial charge in [-0.15, -0.1) is 0 Å². The van der Waals surface area contributed by atoms with Crippen molar-refractivity contribution in [2.24, 2.45) is 17.1 Å².